The molecule has 19 heavy (non-hydrogen) atoms. The molecule has 2 rings (SSSR count). The summed E-state index contributed by atoms with van der Waals surface area (Å²) in [6, 6.07) is 6.75. The van der Waals surface area contributed by atoms with Gasteiger partial charge in [-0.25, -0.2) is 9.97 Å². The number of carbonyl (C=O) groups is 1. The second kappa shape index (κ2) is 5.34. The quantitative estimate of drug-likeness (QED) is 0.871. The largest absolute Gasteiger partial charge is 0.438 e. The molecule has 3 N–H and O–H groups in total. The van der Waals surface area contributed by atoms with Crippen molar-refractivity contribution in [3.63, 3.8) is 0 Å². The molecule has 0 saturated heterocycles. The van der Waals surface area contributed by atoms with E-state index < -0.39 is 5.91 Å². The predicted octanol–water partition coefficient (Wildman–Crippen LogP) is 1.72. The third kappa shape index (κ3) is 2.62. The minimum Gasteiger partial charge on any atom is -0.438 e. The van der Waals surface area contributed by atoms with E-state index in [1.807, 2.05) is 6.92 Å². The van der Waals surface area contributed by atoms with Gasteiger partial charge in [0.1, 0.15) is 17.9 Å². The standard InChI is InChI=1S/C13H14N4O2/c1-8-12(15-2)16-7-17-13(8)19-10-6-4-3-5-9(10)11(14)18/h3-7H,1-2H3,(H2,14,18)(H,15,16,17). The monoisotopic (exact) mass is 258 g/mol. The predicted molar refractivity (Wildman–Crippen MR) is 71.3 cm³/mol. The average Bonchev–Trinajstić information content (AvgIpc) is 2.41. The second-order valence-corrected chi connectivity index (χ2v) is 3.86. The zero-order valence-electron chi connectivity index (χ0n) is 10.7. The molecule has 0 fully saturated rings. The van der Waals surface area contributed by atoms with Crippen molar-refractivity contribution in [3.05, 3.63) is 41.7 Å². The molecule has 0 atom stereocenters. The van der Waals surface area contributed by atoms with E-state index in [0.29, 0.717) is 23.0 Å². The molecule has 0 aliphatic carbocycles. The summed E-state index contributed by atoms with van der Waals surface area (Å²) in [4.78, 5) is 19.4. The highest BCUT2D eigenvalue weighted by Crippen LogP contribution is 2.27. The van der Waals surface area contributed by atoms with Crippen molar-refractivity contribution in [1.82, 2.24) is 9.97 Å². The lowest BCUT2D eigenvalue weighted by molar-refractivity contribution is 0.0998. The van der Waals surface area contributed by atoms with Crippen molar-refractivity contribution in [3.8, 4) is 11.6 Å². The fourth-order valence-corrected chi connectivity index (χ4v) is 1.65. The molecule has 6 nitrogen and oxygen atoms in total. The molecule has 2 aromatic rings. The third-order valence-electron chi connectivity index (χ3n) is 2.63. The smallest absolute Gasteiger partial charge is 0.252 e. The lowest BCUT2D eigenvalue weighted by Crippen LogP contribution is -2.12. The molecule has 0 unspecified atom stereocenters. The molecule has 98 valence electrons. The minimum absolute atomic E-state index is 0.312. The van der Waals surface area contributed by atoms with Crippen molar-refractivity contribution in [2.45, 2.75) is 6.92 Å². The molecule has 0 radical (unpaired) electrons. The topological polar surface area (TPSA) is 90.1 Å². The molecule has 0 aliphatic heterocycles. The first-order valence-corrected chi connectivity index (χ1v) is 5.69. The number of anilines is 1. The number of aromatic nitrogens is 2. The first-order chi connectivity index (χ1) is 9.13. The molecule has 1 aromatic carbocycles. The molecule has 1 amide bonds. The maximum Gasteiger partial charge on any atom is 0.252 e. The van der Waals surface area contributed by atoms with E-state index in [9.17, 15) is 4.79 Å². The highest BCUT2D eigenvalue weighted by Gasteiger charge is 2.13. The fraction of sp³-hybridized carbons (Fsp3) is 0.154. The van der Waals surface area contributed by atoms with Gasteiger partial charge in [0.15, 0.2) is 0 Å². The van der Waals surface area contributed by atoms with Crippen LogP contribution in [0.3, 0.4) is 0 Å². The second-order valence-electron chi connectivity index (χ2n) is 3.86. The van der Waals surface area contributed by atoms with E-state index in [-0.39, 0.29) is 0 Å². The number of benzene rings is 1. The molecular weight excluding hydrogens is 244 g/mol. The van der Waals surface area contributed by atoms with Gasteiger partial charge in [0.2, 0.25) is 5.88 Å². The number of nitrogens with zero attached hydrogens (tertiary/aromatic N) is 2. The number of nitrogens with one attached hydrogen (secondary N) is 1. The number of para-hydroxylation sites is 1. The van der Waals surface area contributed by atoms with E-state index in [1.165, 1.54) is 6.33 Å². The Labute approximate surface area is 110 Å². The molecular formula is C13H14N4O2. The number of carbonyl (C=O) groups excluding carboxylic acids is 1. The lowest BCUT2D eigenvalue weighted by Gasteiger charge is -2.11. The summed E-state index contributed by atoms with van der Waals surface area (Å²) < 4.78 is 5.65. The Kier molecular flexibility index (Phi) is 3.61. The number of amides is 1. The zero-order valence-corrected chi connectivity index (χ0v) is 10.7. The van der Waals surface area contributed by atoms with Crippen LogP contribution >= 0.6 is 0 Å². The number of ether oxygens (including phenoxy) is 1. The highest BCUT2D eigenvalue weighted by molar-refractivity contribution is 5.95. The SMILES string of the molecule is CNc1ncnc(Oc2ccccc2C(N)=O)c1C. The Morgan fingerprint density at radius 2 is 2.05 bits per heavy atom. The van der Waals surface area contributed by atoms with Gasteiger partial charge in [-0.3, -0.25) is 4.79 Å². The highest BCUT2D eigenvalue weighted by atomic mass is 16.5. The van der Waals surface area contributed by atoms with Crippen LogP contribution in [-0.4, -0.2) is 22.9 Å². The Hall–Kier alpha value is -2.63. The van der Waals surface area contributed by atoms with Crippen LogP contribution in [0.15, 0.2) is 30.6 Å². The maximum absolute atomic E-state index is 11.3. The molecule has 0 saturated carbocycles. The summed E-state index contributed by atoms with van der Waals surface area (Å²) in [7, 11) is 1.76. The fourth-order valence-electron chi connectivity index (χ4n) is 1.65. The first kappa shape index (κ1) is 12.8. The molecule has 0 bridgehead atoms. The Bertz CT molecular complexity index is 613. The van der Waals surface area contributed by atoms with Crippen molar-refractivity contribution in [1.29, 1.82) is 0 Å². The zero-order chi connectivity index (χ0) is 13.8. The van der Waals surface area contributed by atoms with E-state index >= 15 is 0 Å². The van der Waals surface area contributed by atoms with Crippen LogP contribution < -0.4 is 15.8 Å². The lowest BCUT2D eigenvalue weighted by atomic mass is 10.2. The van der Waals surface area contributed by atoms with Gasteiger partial charge in [0.05, 0.1) is 11.1 Å². The number of nitrogens with two attached hydrogens (primary N) is 1. The van der Waals surface area contributed by atoms with Crippen LogP contribution in [-0.2, 0) is 0 Å². The van der Waals surface area contributed by atoms with Gasteiger partial charge in [-0.05, 0) is 19.1 Å². The number of hydrogen-bond donors (Lipinski definition) is 2. The number of rotatable bonds is 4. The number of hydrogen-bond acceptors (Lipinski definition) is 5. The van der Waals surface area contributed by atoms with Crippen molar-refractivity contribution in [2.75, 3.05) is 12.4 Å². The summed E-state index contributed by atoms with van der Waals surface area (Å²) in [5.74, 6) is 0.879. The van der Waals surface area contributed by atoms with Crippen LogP contribution in [0.4, 0.5) is 5.82 Å². The molecule has 1 aromatic heterocycles. The Balaban J connectivity index is 2.39. The molecule has 6 heteroatoms. The van der Waals surface area contributed by atoms with Crippen molar-refractivity contribution in [2.24, 2.45) is 5.73 Å². The summed E-state index contributed by atoms with van der Waals surface area (Å²) in [6.07, 6.45) is 1.39. The summed E-state index contributed by atoms with van der Waals surface area (Å²) >= 11 is 0. The van der Waals surface area contributed by atoms with E-state index in [1.54, 1.807) is 31.3 Å². The van der Waals surface area contributed by atoms with Crippen LogP contribution in [0.2, 0.25) is 0 Å². The Morgan fingerprint density at radius 3 is 2.74 bits per heavy atom. The van der Waals surface area contributed by atoms with E-state index in [4.69, 9.17) is 10.5 Å². The molecule has 0 aliphatic rings. The van der Waals surface area contributed by atoms with Gasteiger partial charge >= 0.3 is 0 Å². The third-order valence-corrected chi connectivity index (χ3v) is 2.63. The van der Waals surface area contributed by atoms with E-state index in [2.05, 4.69) is 15.3 Å². The van der Waals surface area contributed by atoms with Gasteiger partial charge in [0.25, 0.3) is 5.91 Å². The maximum atomic E-state index is 11.3. The van der Waals surface area contributed by atoms with Gasteiger partial charge in [-0.2, -0.15) is 0 Å². The normalized spacial score (nSPS) is 10.0. The van der Waals surface area contributed by atoms with Gasteiger partial charge in [-0.1, -0.05) is 12.1 Å². The van der Waals surface area contributed by atoms with Crippen LogP contribution in [0.1, 0.15) is 15.9 Å². The molecule has 0 spiro atoms. The summed E-state index contributed by atoms with van der Waals surface area (Å²) in [5.41, 5.74) is 6.36. The summed E-state index contributed by atoms with van der Waals surface area (Å²) in [6.45, 7) is 1.83. The van der Waals surface area contributed by atoms with Crippen molar-refractivity contribution < 1.29 is 9.53 Å². The van der Waals surface area contributed by atoms with Gasteiger partial charge in [-0.15, -0.1) is 0 Å². The van der Waals surface area contributed by atoms with Gasteiger partial charge < -0.3 is 15.8 Å². The van der Waals surface area contributed by atoms with Crippen LogP contribution in [0.25, 0.3) is 0 Å². The van der Waals surface area contributed by atoms with Crippen LogP contribution in [0, 0.1) is 6.92 Å². The van der Waals surface area contributed by atoms with Crippen molar-refractivity contribution >= 4 is 11.7 Å². The molecule has 1 heterocycles. The first-order valence-electron chi connectivity index (χ1n) is 5.69. The van der Waals surface area contributed by atoms with E-state index in [0.717, 1.165) is 5.56 Å². The average molecular weight is 258 g/mol. The number of primary amides is 1. The van der Waals surface area contributed by atoms with Crippen LogP contribution in [0.5, 0.6) is 11.6 Å². The summed E-state index contributed by atoms with van der Waals surface area (Å²) in [5, 5.41) is 2.94. The van der Waals surface area contributed by atoms with Gasteiger partial charge in [0, 0.05) is 7.05 Å². The Morgan fingerprint density at radius 1 is 1.32 bits per heavy atom. The minimum atomic E-state index is -0.545.